The molecule has 0 aliphatic rings. The largest absolute Gasteiger partial charge is 0.481 e. The molecular weight excluding hydrogens is 216 g/mol. The molecule has 0 spiro atoms. The van der Waals surface area contributed by atoms with E-state index < -0.39 is 5.97 Å². The summed E-state index contributed by atoms with van der Waals surface area (Å²) >= 11 is 5.84. The van der Waals surface area contributed by atoms with Gasteiger partial charge in [0.05, 0.1) is 22.7 Å². The second-order valence-corrected chi connectivity index (χ2v) is 3.72. The van der Waals surface area contributed by atoms with Crippen molar-refractivity contribution in [1.29, 1.82) is 0 Å². The summed E-state index contributed by atoms with van der Waals surface area (Å²) in [6, 6.07) is 3.50. The minimum atomic E-state index is -0.884. The van der Waals surface area contributed by atoms with Crippen LogP contribution >= 0.6 is 11.6 Å². The van der Waals surface area contributed by atoms with Gasteiger partial charge in [-0.2, -0.15) is 0 Å². The minimum Gasteiger partial charge on any atom is -0.481 e. The van der Waals surface area contributed by atoms with Crippen molar-refractivity contribution in [3.8, 4) is 0 Å². The smallest absolute Gasteiger partial charge is 0.309 e. The summed E-state index contributed by atoms with van der Waals surface area (Å²) in [5.74, 6) is -0.145. The summed E-state index contributed by atoms with van der Waals surface area (Å²) in [4.78, 5) is 14.8. The number of hydrogen-bond acceptors (Lipinski definition) is 2. The van der Waals surface area contributed by atoms with E-state index >= 15 is 0 Å². The lowest BCUT2D eigenvalue weighted by molar-refractivity contribution is -0.136. The Bertz CT molecular complexity index is 533. The lowest BCUT2D eigenvalue weighted by atomic mass is 10.2. The number of carboxylic acid groups (broad SMARTS) is 1. The van der Waals surface area contributed by atoms with Gasteiger partial charge in [0.2, 0.25) is 0 Å². The van der Waals surface area contributed by atoms with Crippen LogP contribution in [0, 0.1) is 6.92 Å². The van der Waals surface area contributed by atoms with Crippen molar-refractivity contribution in [2.75, 3.05) is 0 Å². The van der Waals surface area contributed by atoms with Crippen molar-refractivity contribution < 1.29 is 9.90 Å². The first-order chi connectivity index (χ1) is 7.08. The molecule has 0 atom stereocenters. The van der Waals surface area contributed by atoms with Gasteiger partial charge < -0.3 is 9.51 Å². The maximum atomic E-state index is 10.6. The first-order valence-electron chi connectivity index (χ1n) is 4.43. The van der Waals surface area contributed by atoms with E-state index in [-0.39, 0.29) is 6.42 Å². The van der Waals surface area contributed by atoms with Crippen LogP contribution in [0.1, 0.15) is 11.5 Å². The van der Waals surface area contributed by atoms with Crippen LogP contribution in [0.4, 0.5) is 0 Å². The number of nitrogens with zero attached hydrogens (tertiary/aromatic N) is 2. The number of rotatable bonds is 2. The molecule has 0 amide bonds. The molecule has 0 bridgehead atoms. The number of hydrogen-bond donors (Lipinski definition) is 1. The third-order valence-electron chi connectivity index (χ3n) is 2.17. The molecule has 15 heavy (non-hydrogen) atoms. The number of halogens is 1. The molecule has 0 aliphatic carbocycles. The van der Waals surface area contributed by atoms with Gasteiger partial charge in [-0.25, -0.2) is 4.98 Å². The van der Waals surface area contributed by atoms with Crippen LogP contribution < -0.4 is 0 Å². The monoisotopic (exact) mass is 224 g/mol. The molecule has 0 unspecified atom stereocenters. The second-order valence-electron chi connectivity index (χ2n) is 3.28. The third-order valence-corrected chi connectivity index (χ3v) is 2.40. The molecule has 4 nitrogen and oxygen atoms in total. The van der Waals surface area contributed by atoms with Gasteiger partial charge in [0.15, 0.2) is 0 Å². The molecule has 2 rings (SSSR count). The maximum Gasteiger partial charge on any atom is 0.309 e. The SMILES string of the molecule is Cc1nc(CC(=O)O)c2ccc(Cl)cn12. The zero-order valence-corrected chi connectivity index (χ0v) is 8.82. The topological polar surface area (TPSA) is 54.6 Å². The Kier molecular flexibility index (Phi) is 2.36. The van der Waals surface area contributed by atoms with E-state index in [1.807, 2.05) is 6.92 Å². The van der Waals surface area contributed by atoms with Gasteiger partial charge in [0, 0.05) is 6.20 Å². The third kappa shape index (κ3) is 1.80. The van der Waals surface area contributed by atoms with Crippen LogP contribution in [0.25, 0.3) is 5.52 Å². The predicted octanol–water partition coefficient (Wildman–Crippen LogP) is 1.92. The van der Waals surface area contributed by atoms with Gasteiger partial charge in [-0.3, -0.25) is 4.79 Å². The van der Waals surface area contributed by atoms with Crippen molar-refractivity contribution in [1.82, 2.24) is 9.38 Å². The van der Waals surface area contributed by atoms with Crippen molar-refractivity contribution in [2.45, 2.75) is 13.3 Å². The Labute approximate surface area is 91.1 Å². The van der Waals surface area contributed by atoms with Gasteiger partial charge in [-0.05, 0) is 19.1 Å². The number of aliphatic carboxylic acids is 1. The van der Waals surface area contributed by atoms with Crippen molar-refractivity contribution in [2.24, 2.45) is 0 Å². The van der Waals surface area contributed by atoms with Crippen LogP contribution in [0.2, 0.25) is 5.02 Å². The number of imidazole rings is 1. The quantitative estimate of drug-likeness (QED) is 0.848. The van der Waals surface area contributed by atoms with Crippen LogP contribution in [0.3, 0.4) is 0 Å². The van der Waals surface area contributed by atoms with E-state index in [9.17, 15) is 4.79 Å². The normalized spacial score (nSPS) is 10.8. The number of aryl methyl sites for hydroxylation is 1. The molecule has 2 aromatic rings. The van der Waals surface area contributed by atoms with Crippen molar-refractivity contribution >= 4 is 23.1 Å². The molecule has 78 valence electrons. The number of carbonyl (C=O) groups is 1. The fourth-order valence-electron chi connectivity index (χ4n) is 1.56. The molecule has 0 saturated heterocycles. The van der Waals surface area contributed by atoms with Crippen LogP contribution in [0.5, 0.6) is 0 Å². The summed E-state index contributed by atoms with van der Waals surface area (Å²) in [7, 11) is 0. The molecule has 0 saturated carbocycles. The van der Waals surface area contributed by atoms with Crippen LogP contribution in [-0.4, -0.2) is 20.5 Å². The lowest BCUT2D eigenvalue weighted by Crippen LogP contribution is -2.00. The second kappa shape index (κ2) is 3.55. The van der Waals surface area contributed by atoms with Gasteiger partial charge in [-0.15, -0.1) is 0 Å². The molecule has 1 N–H and O–H groups in total. The summed E-state index contributed by atoms with van der Waals surface area (Å²) < 4.78 is 1.79. The maximum absolute atomic E-state index is 10.6. The number of carboxylic acids is 1. The van der Waals surface area contributed by atoms with Crippen LogP contribution in [-0.2, 0) is 11.2 Å². The van der Waals surface area contributed by atoms with E-state index in [1.165, 1.54) is 0 Å². The average molecular weight is 225 g/mol. The summed E-state index contributed by atoms with van der Waals surface area (Å²) in [6.07, 6.45) is 1.66. The lowest BCUT2D eigenvalue weighted by Gasteiger charge is -1.97. The molecule has 0 radical (unpaired) electrons. The van der Waals surface area contributed by atoms with E-state index in [0.717, 1.165) is 11.3 Å². The summed E-state index contributed by atoms with van der Waals surface area (Å²) in [6.45, 7) is 1.81. The predicted molar refractivity (Wildman–Crippen MR) is 56.3 cm³/mol. The summed E-state index contributed by atoms with van der Waals surface area (Å²) in [5.41, 5.74) is 1.36. The number of aromatic nitrogens is 2. The Morgan fingerprint density at radius 3 is 3.00 bits per heavy atom. The van der Waals surface area contributed by atoms with Crippen molar-refractivity contribution in [3.05, 3.63) is 34.9 Å². The van der Waals surface area contributed by atoms with Gasteiger partial charge in [-0.1, -0.05) is 11.6 Å². The van der Waals surface area contributed by atoms with Gasteiger partial charge in [0.25, 0.3) is 0 Å². The van der Waals surface area contributed by atoms with E-state index in [1.54, 1.807) is 22.7 Å². The number of fused-ring (bicyclic) bond motifs is 1. The highest BCUT2D eigenvalue weighted by molar-refractivity contribution is 6.30. The number of pyridine rings is 1. The molecule has 5 heteroatoms. The first kappa shape index (κ1) is 9.98. The zero-order chi connectivity index (χ0) is 11.0. The molecule has 0 fully saturated rings. The molecular formula is C10H9ClN2O2. The standard InChI is InChI=1S/C10H9ClN2O2/c1-6-12-8(4-10(14)15)9-3-2-7(11)5-13(6)9/h2-3,5H,4H2,1H3,(H,14,15). The van der Waals surface area contributed by atoms with E-state index in [4.69, 9.17) is 16.7 Å². The minimum absolute atomic E-state index is 0.0705. The Balaban J connectivity index is 2.62. The highest BCUT2D eigenvalue weighted by Crippen LogP contribution is 2.17. The Morgan fingerprint density at radius 2 is 2.33 bits per heavy atom. The molecule has 2 aromatic heterocycles. The Hall–Kier alpha value is -1.55. The fraction of sp³-hybridized carbons (Fsp3) is 0.200. The van der Waals surface area contributed by atoms with E-state index in [2.05, 4.69) is 4.98 Å². The average Bonchev–Trinajstić information content (AvgIpc) is 2.42. The molecule has 0 aliphatic heterocycles. The first-order valence-corrected chi connectivity index (χ1v) is 4.80. The van der Waals surface area contributed by atoms with Crippen molar-refractivity contribution in [3.63, 3.8) is 0 Å². The highest BCUT2D eigenvalue weighted by Gasteiger charge is 2.11. The summed E-state index contributed by atoms with van der Waals surface area (Å²) in [5, 5.41) is 9.32. The Morgan fingerprint density at radius 1 is 1.60 bits per heavy atom. The fourth-order valence-corrected chi connectivity index (χ4v) is 1.72. The zero-order valence-electron chi connectivity index (χ0n) is 8.07. The molecule has 0 aromatic carbocycles. The van der Waals surface area contributed by atoms with E-state index in [0.29, 0.717) is 10.7 Å². The van der Waals surface area contributed by atoms with Gasteiger partial charge >= 0.3 is 5.97 Å². The highest BCUT2D eigenvalue weighted by atomic mass is 35.5. The van der Waals surface area contributed by atoms with Crippen LogP contribution in [0.15, 0.2) is 18.3 Å². The molecule has 2 heterocycles. The van der Waals surface area contributed by atoms with Gasteiger partial charge in [0.1, 0.15) is 5.82 Å².